The third-order valence-corrected chi connectivity index (χ3v) is 3.89. The van der Waals surface area contributed by atoms with Crippen molar-refractivity contribution in [3.05, 3.63) is 58.9 Å². The standard InChI is InChI=1S/C18H17ClN4O/c1-11(2)17-18(23-10-14(19)6-9-16(23)20-17)22-21-15-7-4-13(5-8-15)12(3)24/h4-11H,1-3H3. The number of Topliss-reactive ketones (excluding diaryl/α,β-unsaturated/α-hetero) is 1. The number of imidazole rings is 1. The van der Waals surface area contributed by atoms with Gasteiger partial charge >= 0.3 is 0 Å². The number of hydrogen-bond donors (Lipinski definition) is 0. The molecule has 0 bridgehead atoms. The Kier molecular flexibility index (Phi) is 4.44. The van der Waals surface area contributed by atoms with Gasteiger partial charge in [0.05, 0.1) is 16.4 Å². The number of benzene rings is 1. The van der Waals surface area contributed by atoms with Gasteiger partial charge in [0.15, 0.2) is 11.6 Å². The van der Waals surface area contributed by atoms with Gasteiger partial charge in [0.1, 0.15) is 5.65 Å². The number of rotatable bonds is 4. The molecule has 3 aromatic rings. The van der Waals surface area contributed by atoms with Crippen molar-refractivity contribution in [2.24, 2.45) is 10.2 Å². The highest BCUT2D eigenvalue weighted by Crippen LogP contribution is 2.30. The highest BCUT2D eigenvalue weighted by Gasteiger charge is 2.15. The van der Waals surface area contributed by atoms with Crippen LogP contribution in [0.4, 0.5) is 11.5 Å². The SMILES string of the molecule is CC(=O)c1ccc(N=Nc2c(C(C)C)nc3ccc(Cl)cn23)cc1. The number of carbonyl (C=O) groups excluding carboxylic acids is 1. The van der Waals surface area contributed by atoms with E-state index in [1.807, 2.05) is 10.5 Å². The van der Waals surface area contributed by atoms with Gasteiger partial charge in [-0.1, -0.05) is 25.4 Å². The maximum absolute atomic E-state index is 11.3. The van der Waals surface area contributed by atoms with Crippen molar-refractivity contribution in [1.29, 1.82) is 0 Å². The van der Waals surface area contributed by atoms with Crippen LogP contribution >= 0.6 is 11.6 Å². The fraction of sp³-hybridized carbons (Fsp3) is 0.222. The van der Waals surface area contributed by atoms with E-state index in [0.717, 1.165) is 11.3 Å². The van der Waals surface area contributed by atoms with E-state index < -0.39 is 0 Å². The number of fused-ring (bicyclic) bond motifs is 1. The predicted octanol–water partition coefficient (Wildman–Crippen LogP) is 5.73. The molecule has 0 spiro atoms. The van der Waals surface area contributed by atoms with Crippen molar-refractivity contribution in [3.63, 3.8) is 0 Å². The van der Waals surface area contributed by atoms with E-state index in [4.69, 9.17) is 11.6 Å². The van der Waals surface area contributed by atoms with E-state index in [2.05, 4.69) is 29.1 Å². The lowest BCUT2D eigenvalue weighted by Crippen LogP contribution is -1.89. The van der Waals surface area contributed by atoms with Gasteiger partial charge in [0, 0.05) is 11.8 Å². The fourth-order valence-corrected chi connectivity index (χ4v) is 2.54. The van der Waals surface area contributed by atoms with Gasteiger partial charge in [-0.2, -0.15) is 0 Å². The lowest BCUT2D eigenvalue weighted by Gasteiger charge is -2.02. The smallest absolute Gasteiger partial charge is 0.183 e. The molecule has 0 saturated heterocycles. The van der Waals surface area contributed by atoms with Gasteiger partial charge in [0.2, 0.25) is 0 Å². The number of halogens is 1. The number of azo groups is 1. The van der Waals surface area contributed by atoms with Crippen LogP contribution in [0.3, 0.4) is 0 Å². The molecule has 1 aromatic carbocycles. The van der Waals surface area contributed by atoms with Crippen molar-refractivity contribution in [2.75, 3.05) is 0 Å². The van der Waals surface area contributed by atoms with E-state index in [9.17, 15) is 4.79 Å². The molecule has 0 atom stereocenters. The van der Waals surface area contributed by atoms with Crippen molar-refractivity contribution < 1.29 is 4.79 Å². The maximum atomic E-state index is 11.3. The van der Waals surface area contributed by atoms with Crippen molar-refractivity contribution >= 4 is 34.5 Å². The molecule has 0 aliphatic heterocycles. The molecular weight excluding hydrogens is 324 g/mol. The van der Waals surface area contributed by atoms with E-state index >= 15 is 0 Å². The summed E-state index contributed by atoms with van der Waals surface area (Å²) in [7, 11) is 0. The third kappa shape index (κ3) is 3.21. The summed E-state index contributed by atoms with van der Waals surface area (Å²) in [4.78, 5) is 15.9. The average Bonchev–Trinajstić information content (AvgIpc) is 2.91. The largest absolute Gasteiger partial charge is 0.295 e. The average molecular weight is 341 g/mol. The van der Waals surface area contributed by atoms with Crippen molar-refractivity contribution in [2.45, 2.75) is 26.7 Å². The lowest BCUT2D eigenvalue weighted by atomic mass is 10.1. The molecule has 5 nitrogen and oxygen atoms in total. The zero-order valence-electron chi connectivity index (χ0n) is 13.7. The van der Waals surface area contributed by atoms with E-state index in [0.29, 0.717) is 22.1 Å². The minimum Gasteiger partial charge on any atom is -0.295 e. The molecule has 2 aromatic heterocycles. The quantitative estimate of drug-likeness (QED) is 0.450. The summed E-state index contributed by atoms with van der Waals surface area (Å²) in [5.41, 5.74) is 2.97. The Labute approximate surface area is 145 Å². The Morgan fingerprint density at radius 3 is 2.46 bits per heavy atom. The van der Waals surface area contributed by atoms with Crippen LogP contribution in [0.25, 0.3) is 5.65 Å². The van der Waals surface area contributed by atoms with Crippen LogP contribution in [0.5, 0.6) is 0 Å². The molecule has 2 heterocycles. The number of pyridine rings is 1. The Morgan fingerprint density at radius 2 is 1.83 bits per heavy atom. The lowest BCUT2D eigenvalue weighted by molar-refractivity contribution is 0.101. The Balaban J connectivity index is 2.03. The van der Waals surface area contributed by atoms with Gasteiger partial charge in [-0.15, -0.1) is 10.2 Å². The second kappa shape index (κ2) is 6.53. The second-order valence-electron chi connectivity index (χ2n) is 5.85. The van der Waals surface area contributed by atoms with Gasteiger partial charge in [0.25, 0.3) is 0 Å². The Hall–Kier alpha value is -2.53. The van der Waals surface area contributed by atoms with Gasteiger partial charge < -0.3 is 0 Å². The molecule has 0 N–H and O–H groups in total. The minimum absolute atomic E-state index is 0.0250. The highest BCUT2D eigenvalue weighted by molar-refractivity contribution is 6.30. The predicted molar refractivity (Wildman–Crippen MR) is 94.9 cm³/mol. The second-order valence-corrected chi connectivity index (χ2v) is 6.29. The maximum Gasteiger partial charge on any atom is 0.183 e. The van der Waals surface area contributed by atoms with E-state index in [1.165, 1.54) is 6.92 Å². The van der Waals surface area contributed by atoms with Crippen LogP contribution in [0.15, 0.2) is 52.8 Å². The number of nitrogens with zero attached hydrogens (tertiary/aromatic N) is 4. The summed E-state index contributed by atoms with van der Waals surface area (Å²) in [6.45, 7) is 5.65. The topological polar surface area (TPSA) is 59.1 Å². The summed E-state index contributed by atoms with van der Waals surface area (Å²) in [6, 6.07) is 10.7. The number of hydrogen-bond acceptors (Lipinski definition) is 4. The first-order valence-electron chi connectivity index (χ1n) is 7.66. The van der Waals surface area contributed by atoms with Crippen LogP contribution in [-0.2, 0) is 0 Å². The first kappa shape index (κ1) is 16.3. The summed E-state index contributed by atoms with van der Waals surface area (Å²) in [5.74, 6) is 0.896. The molecule has 0 fully saturated rings. The van der Waals surface area contributed by atoms with Crippen LogP contribution < -0.4 is 0 Å². The number of carbonyl (C=O) groups is 1. The molecule has 0 unspecified atom stereocenters. The minimum atomic E-state index is 0.0250. The fourth-order valence-electron chi connectivity index (χ4n) is 2.38. The molecule has 122 valence electrons. The summed E-state index contributed by atoms with van der Waals surface area (Å²) < 4.78 is 1.84. The van der Waals surface area contributed by atoms with Crippen LogP contribution in [0, 0.1) is 0 Å². The van der Waals surface area contributed by atoms with Gasteiger partial charge in [-0.05, 0) is 49.2 Å². The van der Waals surface area contributed by atoms with Gasteiger partial charge in [-0.25, -0.2) is 4.98 Å². The van der Waals surface area contributed by atoms with Crippen LogP contribution in [-0.4, -0.2) is 15.2 Å². The summed E-state index contributed by atoms with van der Waals surface area (Å²) >= 11 is 6.09. The molecule has 0 aliphatic rings. The molecule has 0 radical (unpaired) electrons. The normalized spacial score (nSPS) is 11.7. The van der Waals surface area contributed by atoms with E-state index in [1.54, 1.807) is 36.5 Å². The molecular formula is C18H17ClN4O. The first-order chi connectivity index (χ1) is 11.5. The van der Waals surface area contributed by atoms with E-state index in [-0.39, 0.29) is 11.7 Å². The number of aromatic nitrogens is 2. The van der Waals surface area contributed by atoms with Crippen LogP contribution in [0.1, 0.15) is 42.7 Å². The third-order valence-electron chi connectivity index (χ3n) is 3.66. The van der Waals surface area contributed by atoms with Crippen molar-refractivity contribution in [1.82, 2.24) is 9.38 Å². The monoisotopic (exact) mass is 340 g/mol. The van der Waals surface area contributed by atoms with Gasteiger partial charge in [-0.3, -0.25) is 9.20 Å². The van der Waals surface area contributed by atoms with Crippen molar-refractivity contribution in [3.8, 4) is 0 Å². The molecule has 0 saturated carbocycles. The highest BCUT2D eigenvalue weighted by atomic mass is 35.5. The van der Waals surface area contributed by atoms with Crippen LogP contribution in [0.2, 0.25) is 5.02 Å². The zero-order valence-corrected chi connectivity index (χ0v) is 14.4. The summed E-state index contributed by atoms with van der Waals surface area (Å²) in [6.07, 6.45) is 1.78. The molecule has 0 aliphatic carbocycles. The molecule has 0 amide bonds. The Bertz CT molecular complexity index is 926. The zero-order chi connectivity index (χ0) is 17.3. The number of ketones is 1. The Morgan fingerprint density at radius 1 is 1.12 bits per heavy atom. The summed E-state index contributed by atoms with van der Waals surface area (Å²) in [5, 5.41) is 9.27. The first-order valence-corrected chi connectivity index (χ1v) is 8.04. The molecule has 24 heavy (non-hydrogen) atoms. The molecule has 3 rings (SSSR count). The molecule has 6 heteroatoms.